The van der Waals surface area contributed by atoms with E-state index in [-0.39, 0.29) is 17.7 Å². The number of amides is 2. The van der Waals surface area contributed by atoms with E-state index in [4.69, 9.17) is 5.21 Å². The number of benzene rings is 2. The van der Waals surface area contributed by atoms with Gasteiger partial charge in [-0.15, -0.1) is 0 Å². The van der Waals surface area contributed by atoms with Gasteiger partial charge in [0.1, 0.15) is 6.73 Å². The van der Waals surface area contributed by atoms with E-state index in [1.807, 2.05) is 39.0 Å². The lowest BCUT2D eigenvalue weighted by Gasteiger charge is -2.31. The molecule has 2 rings (SSSR count). The number of aryl methyl sites for hydroxylation is 1. The Bertz CT molecular complexity index is 829. The number of aliphatic hydroxyl groups is 1. The van der Waals surface area contributed by atoms with E-state index in [2.05, 4.69) is 36.4 Å². The number of hydrogen-bond donors (Lipinski definition) is 3. The molecule has 0 radical (unpaired) electrons. The zero-order chi connectivity index (χ0) is 22.9. The number of carbonyl (C=O) groups is 2. The maximum atomic E-state index is 13.0. The van der Waals surface area contributed by atoms with Crippen molar-refractivity contribution in [2.24, 2.45) is 11.3 Å². The molecule has 1 atom stereocenters. The highest BCUT2D eigenvalue weighted by Gasteiger charge is 2.28. The van der Waals surface area contributed by atoms with Crippen molar-refractivity contribution in [2.75, 3.05) is 13.3 Å². The molecule has 0 fully saturated rings. The largest absolute Gasteiger partial charge is 0.376 e. The maximum Gasteiger partial charge on any atom is 0.244 e. The van der Waals surface area contributed by atoms with E-state index >= 15 is 0 Å². The Morgan fingerprint density at radius 2 is 1.61 bits per heavy atom. The molecule has 0 aliphatic rings. The summed E-state index contributed by atoms with van der Waals surface area (Å²) in [5.41, 5.74) is 4.91. The van der Waals surface area contributed by atoms with Gasteiger partial charge < -0.3 is 10.0 Å². The molecule has 3 N–H and O–H groups in total. The third-order valence-electron chi connectivity index (χ3n) is 5.13. The second-order valence-corrected chi connectivity index (χ2v) is 9.13. The van der Waals surface area contributed by atoms with Crippen LogP contribution in [0.4, 0.5) is 0 Å². The molecule has 2 aromatic rings. The highest BCUT2D eigenvalue weighted by atomic mass is 16.5. The van der Waals surface area contributed by atoms with Crippen LogP contribution in [-0.2, 0) is 16.0 Å². The Morgan fingerprint density at radius 3 is 2.16 bits per heavy atom. The fourth-order valence-corrected chi connectivity index (χ4v) is 3.66. The average molecular weight is 427 g/mol. The number of hydroxylamine groups is 1. The average Bonchev–Trinajstić information content (AvgIpc) is 2.76. The Labute approximate surface area is 184 Å². The van der Waals surface area contributed by atoms with Crippen LogP contribution in [0.2, 0.25) is 0 Å². The fraction of sp³-hybridized carbons (Fsp3) is 0.440. The van der Waals surface area contributed by atoms with Crippen LogP contribution in [0.25, 0.3) is 11.1 Å². The number of rotatable bonds is 10. The van der Waals surface area contributed by atoms with Crippen LogP contribution in [-0.4, -0.2) is 40.3 Å². The van der Waals surface area contributed by atoms with Gasteiger partial charge in [0.2, 0.25) is 11.8 Å². The van der Waals surface area contributed by atoms with Crippen LogP contribution >= 0.6 is 0 Å². The first kappa shape index (κ1) is 24.6. The molecule has 0 aromatic heterocycles. The van der Waals surface area contributed by atoms with Crippen LogP contribution in [0, 0.1) is 11.3 Å². The van der Waals surface area contributed by atoms with Gasteiger partial charge in [0.15, 0.2) is 0 Å². The number of carbonyl (C=O) groups excluding carboxylic acids is 2. The minimum absolute atomic E-state index is 0.108. The lowest BCUT2D eigenvalue weighted by Crippen LogP contribution is -2.43. The van der Waals surface area contributed by atoms with Gasteiger partial charge in [-0.1, -0.05) is 75.4 Å². The summed E-state index contributed by atoms with van der Waals surface area (Å²) < 4.78 is 0. The molecule has 0 heterocycles. The van der Waals surface area contributed by atoms with Gasteiger partial charge in [0, 0.05) is 18.9 Å². The van der Waals surface area contributed by atoms with Crippen molar-refractivity contribution in [3.05, 3.63) is 60.2 Å². The van der Waals surface area contributed by atoms with Gasteiger partial charge in [-0.05, 0) is 41.4 Å². The quantitative estimate of drug-likeness (QED) is 0.304. The van der Waals surface area contributed by atoms with E-state index in [0.717, 1.165) is 23.1 Å². The first-order valence-corrected chi connectivity index (χ1v) is 10.7. The van der Waals surface area contributed by atoms with E-state index in [1.165, 1.54) is 4.90 Å². The van der Waals surface area contributed by atoms with Crippen molar-refractivity contribution in [2.45, 2.75) is 46.5 Å². The topological polar surface area (TPSA) is 89.9 Å². The summed E-state index contributed by atoms with van der Waals surface area (Å²) in [7, 11) is 0. The van der Waals surface area contributed by atoms with Gasteiger partial charge in [0.05, 0.1) is 0 Å². The molecular weight excluding hydrogens is 392 g/mol. The molecule has 0 saturated carbocycles. The molecule has 0 bridgehead atoms. The highest BCUT2D eigenvalue weighted by Crippen LogP contribution is 2.23. The molecule has 0 saturated heterocycles. The zero-order valence-corrected chi connectivity index (χ0v) is 18.7. The molecule has 2 amide bonds. The van der Waals surface area contributed by atoms with Crippen molar-refractivity contribution < 1.29 is 19.9 Å². The Morgan fingerprint density at radius 1 is 1.00 bits per heavy atom. The Balaban J connectivity index is 1.99. The first-order chi connectivity index (χ1) is 14.7. The molecule has 0 spiro atoms. The van der Waals surface area contributed by atoms with E-state index in [1.54, 1.807) is 5.48 Å². The van der Waals surface area contributed by atoms with Crippen molar-refractivity contribution in [3.63, 3.8) is 0 Å². The minimum atomic E-state index is -0.598. The molecule has 31 heavy (non-hydrogen) atoms. The Hall–Kier alpha value is -2.70. The van der Waals surface area contributed by atoms with Crippen molar-refractivity contribution >= 4 is 11.8 Å². The van der Waals surface area contributed by atoms with Gasteiger partial charge >= 0.3 is 0 Å². The van der Waals surface area contributed by atoms with E-state index in [0.29, 0.717) is 19.4 Å². The standard InChI is InChI=1S/C25H34N2O4/c1-25(2,3)17-27(18-28)24(30)22(16-23(29)26-31)11-7-8-19-12-14-21(15-13-19)20-9-5-4-6-10-20/h4-6,9-10,12-15,22,28,31H,7-8,11,16-18H2,1-3H3,(H,26,29)/t22-/m1/s1. The molecule has 168 valence electrons. The molecule has 0 unspecified atom stereocenters. The summed E-state index contributed by atoms with van der Waals surface area (Å²) in [5, 5.41) is 18.6. The number of aliphatic hydroxyl groups excluding tert-OH is 1. The summed E-state index contributed by atoms with van der Waals surface area (Å²) >= 11 is 0. The third-order valence-corrected chi connectivity index (χ3v) is 5.13. The molecule has 2 aromatic carbocycles. The smallest absolute Gasteiger partial charge is 0.244 e. The van der Waals surface area contributed by atoms with Crippen LogP contribution in [0.5, 0.6) is 0 Å². The van der Waals surface area contributed by atoms with E-state index in [9.17, 15) is 14.7 Å². The van der Waals surface area contributed by atoms with Crippen LogP contribution in [0.15, 0.2) is 54.6 Å². The van der Waals surface area contributed by atoms with E-state index < -0.39 is 18.6 Å². The summed E-state index contributed by atoms with van der Waals surface area (Å²) in [4.78, 5) is 26.1. The predicted octanol–water partition coefficient (Wildman–Crippen LogP) is 4.01. The lowest BCUT2D eigenvalue weighted by atomic mass is 9.92. The van der Waals surface area contributed by atoms with Gasteiger partial charge in [-0.2, -0.15) is 0 Å². The molecule has 0 aliphatic heterocycles. The van der Waals surface area contributed by atoms with Crippen LogP contribution in [0.1, 0.15) is 45.6 Å². The zero-order valence-electron chi connectivity index (χ0n) is 18.7. The summed E-state index contributed by atoms with van der Waals surface area (Å²) in [5.74, 6) is -1.45. The molecule has 0 aliphatic carbocycles. The summed E-state index contributed by atoms with van der Waals surface area (Å²) in [6.07, 6.45) is 1.88. The van der Waals surface area contributed by atoms with Crippen molar-refractivity contribution in [1.29, 1.82) is 0 Å². The second-order valence-electron chi connectivity index (χ2n) is 9.13. The maximum absolute atomic E-state index is 13.0. The third kappa shape index (κ3) is 8.15. The normalized spacial score (nSPS) is 12.3. The first-order valence-electron chi connectivity index (χ1n) is 10.7. The van der Waals surface area contributed by atoms with Crippen LogP contribution in [0.3, 0.4) is 0 Å². The molecular formula is C25H34N2O4. The monoisotopic (exact) mass is 426 g/mol. The van der Waals surface area contributed by atoms with Crippen LogP contribution < -0.4 is 5.48 Å². The summed E-state index contributed by atoms with van der Waals surface area (Å²) in [6.45, 7) is 5.95. The Kier molecular flexibility index (Phi) is 9.21. The number of hydrogen-bond acceptors (Lipinski definition) is 4. The fourth-order valence-electron chi connectivity index (χ4n) is 3.66. The summed E-state index contributed by atoms with van der Waals surface area (Å²) in [6, 6.07) is 18.5. The van der Waals surface area contributed by atoms with Crippen molar-refractivity contribution in [3.8, 4) is 11.1 Å². The molecule has 6 heteroatoms. The van der Waals surface area contributed by atoms with Gasteiger partial charge in [0.25, 0.3) is 0 Å². The number of nitrogens with one attached hydrogen (secondary N) is 1. The van der Waals surface area contributed by atoms with Gasteiger partial charge in [-0.25, -0.2) is 5.48 Å². The van der Waals surface area contributed by atoms with Gasteiger partial charge in [-0.3, -0.25) is 14.8 Å². The number of nitrogens with zero attached hydrogens (tertiary/aromatic N) is 1. The second kappa shape index (κ2) is 11.6. The highest BCUT2D eigenvalue weighted by molar-refractivity contribution is 5.85. The minimum Gasteiger partial charge on any atom is -0.376 e. The SMILES string of the molecule is CC(C)(C)CN(CO)C(=O)[C@H](CCCc1ccc(-c2ccccc2)cc1)CC(=O)NO. The van der Waals surface area contributed by atoms with Crippen molar-refractivity contribution in [1.82, 2.24) is 10.4 Å². The lowest BCUT2D eigenvalue weighted by molar-refractivity contribution is -0.144. The predicted molar refractivity (Wildman–Crippen MR) is 121 cm³/mol. The molecule has 6 nitrogen and oxygen atoms in total.